The summed E-state index contributed by atoms with van der Waals surface area (Å²) in [6.45, 7) is 0. The fourth-order valence-electron chi connectivity index (χ4n) is 7.14. The van der Waals surface area contributed by atoms with Crippen molar-refractivity contribution in [2.45, 2.75) is 0 Å². The van der Waals surface area contributed by atoms with E-state index >= 15 is 0 Å². The highest BCUT2D eigenvalue weighted by Crippen LogP contribution is 2.44. The number of hydrogen-bond acceptors (Lipinski definition) is 4. The van der Waals surface area contributed by atoms with Crippen molar-refractivity contribution < 1.29 is 0 Å². The molecule has 0 aliphatic rings. The molecule has 3 nitrogen and oxygen atoms in total. The molecule has 4 heteroatoms. The Balaban J connectivity index is 1.11. The van der Waals surface area contributed by atoms with E-state index in [4.69, 9.17) is 15.0 Å². The van der Waals surface area contributed by atoms with Gasteiger partial charge in [0.1, 0.15) is 0 Å². The number of aromatic nitrogens is 3. The molecule has 10 rings (SSSR count). The molecule has 0 saturated carbocycles. The summed E-state index contributed by atoms with van der Waals surface area (Å²) in [7, 11) is 0. The van der Waals surface area contributed by atoms with Crippen LogP contribution in [0.4, 0.5) is 0 Å². The minimum absolute atomic E-state index is 0.648. The smallest absolute Gasteiger partial charge is 0.164 e. The number of benzene rings is 8. The molecule has 0 saturated heterocycles. The van der Waals surface area contributed by atoms with Crippen LogP contribution < -0.4 is 0 Å². The predicted molar refractivity (Wildman–Crippen MR) is 215 cm³/mol. The average Bonchev–Trinajstić information content (AvgIpc) is 3.61. The Labute approximate surface area is 299 Å². The van der Waals surface area contributed by atoms with Crippen molar-refractivity contribution in [3.8, 4) is 56.4 Å². The van der Waals surface area contributed by atoms with Gasteiger partial charge in [-0.1, -0.05) is 152 Å². The first-order chi connectivity index (χ1) is 25.2. The summed E-state index contributed by atoms with van der Waals surface area (Å²) >= 11 is 1.83. The molecule has 0 fully saturated rings. The standard InChI is InChI=1S/C47H29N3S/c1-2-12-33(13-3-1)45-48-46(50-47(49-45)41-29-37-15-6-7-18-39(37)44-43(41)40-19-8-9-20-42(40)51-44)38-17-10-16-35(28-38)31-21-23-32(24-22-31)36-26-25-30-11-4-5-14-34(30)27-36/h1-29H. The third kappa shape index (κ3) is 5.25. The summed E-state index contributed by atoms with van der Waals surface area (Å²) < 4.78 is 2.50. The molecule has 0 amide bonds. The SMILES string of the molecule is c1ccc(-c2nc(-c3cccc(-c4ccc(-c5ccc6ccccc6c5)cc4)c3)nc(-c3cc4ccccc4c4sc5ccccc5c34)n2)cc1. The molecule has 2 aromatic heterocycles. The van der Waals surface area contributed by atoms with Crippen LogP contribution in [0.2, 0.25) is 0 Å². The number of rotatable bonds is 5. The number of thiophene rings is 1. The largest absolute Gasteiger partial charge is 0.208 e. The van der Waals surface area contributed by atoms with Crippen molar-refractivity contribution in [1.29, 1.82) is 0 Å². The lowest BCUT2D eigenvalue weighted by molar-refractivity contribution is 1.08. The molecule has 0 atom stereocenters. The predicted octanol–water partition coefficient (Wildman–Crippen LogP) is 12.9. The van der Waals surface area contributed by atoms with Crippen LogP contribution in [0.15, 0.2) is 176 Å². The van der Waals surface area contributed by atoms with Crippen LogP contribution in [0.1, 0.15) is 0 Å². The third-order valence-corrected chi connectivity index (χ3v) is 10.9. The number of fused-ring (bicyclic) bond motifs is 6. The van der Waals surface area contributed by atoms with Crippen molar-refractivity contribution in [1.82, 2.24) is 15.0 Å². The highest BCUT2D eigenvalue weighted by molar-refractivity contribution is 7.26. The molecule has 8 aromatic carbocycles. The van der Waals surface area contributed by atoms with Gasteiger partial charge in [0.25, 0.3) is 0 Å². The van der Waals surface area contributed by atoms with Gasteiger partial charge >= 0.3 is 0 Å². The second-order valence-corrected chi connectivity index (χ2v) is 13.9. The van der Waals surface area contributed by atoms with E-state index in [1.807, 2.05) is 29.5 Å². The molecule has 0 aliphatic heterocycles. The molecule has 2 heterocycles. The molecule has 0 N–H and O–H groups in total. The molecule has 0 radical (unpaired) electrons. The zero-order chi connectivity index (χ0) is 33.7. The second kappa shape index (κ2) is 12.1. The van der Waals surface area contributed by atoms with Gasteiger partial charge in [0.2, 0.25) is 0 Å². The van der Waals surface area contributed by atoms with E-state index in [-0.39, 0.29) is 0 Å². The van der Waals surface area contributed by atoms with Gasteiger partial charge in [-0.05, 0) is 68.1 Å². The maximum atomic E-state index is 5.24. The fourth-order valence-corrected chi connectivity index (χ4v) is 8.40. The van der Waals surface area contributed by atoms with Gasteiger partial charge in [0, 0.05) is 36.9 Å². The first-order valence-corrected chi connectivity index (χ1v) is 17.9. The molecular weight excluding hydrogens is 639 g/mol. The van der Waals surface area contributed by atoms with Gasteiger partial charge in [-0.25, -0.2) is 15.0 Å². The molecular formula is C47H29N3S. The normalized spacial score (nSPS) is 11.5. The lowest BCUT2D eigenvalue weighted by Gasteiger charge is -2.12. The molecule has 0 spiro atoms. The minimum atomic E-state index is 0.648. The van der Waals surface area contributed by atoms with Gasteiger partial charge in [0.05, 0.1) is 0 Å². The van der Waals surface area contributed by atoms with E-state index in [9.17, 15) is 0 Å². The topological polar surface area (TPSA) is 38.7 Å². The van der Waals surface area contributed by atoms with Crippen LogP contribution in [0, 0.1) is 0 Å². The van der Waals surface area contributed by atoms with Crippen LogP contribution in [-0.4, -0.2) is 15.0 Å². The van der Waals surface area contributed by atoms with E-state index in [0.29, 0.717) is 17.5 Å². The first kappa shape index (κ1) is 29.4. The second-order valence-electron chi connectivity index (χ2n) is 12.8. The van der Waals surface area contributed by atoms with Gasteiger partial charge in [0.15, 0.2) is 17.5 Å². The average molecular weight is 668 g/mol. The van der Waals surface area contributed by atoms with Crippen molar-refractivity contribution in [3.05, 3.63) is 176 Å². The maximum Gasteiger partial charge on any atom is 0.164 e. The summed E-state index contributed by atoms with van der Waals surface area (Å²) in [5.74, 6) is 1.97. The maximum absolute atomic E-state index is 5.24. The Bertz CT molecular complexity index is 2910. The number of hydrogen-bond donors (Lipinski definition) is 0. The molecule has 0 unspecified atom stereocenters. The van der Waals surface area contributed by atoms with Crippen LogP contribution in [0.25, 0.3) is 98.1 Å². The summed E-state index contributed by atoms with van der Waals surface area (Å²) in [6, 6.07) is 62.2. The highest BCUT2D eigenvalue weighted by atomic mass is 32.1. The first-order valence-electron chi connectivity index (χ1n) is 17.1. The van der Waals surface area contributed by atoms with Crippen LogP contribution in [0.5, 0.6) is 0 Å². The van der Waals surface area contributed by atoms with E-state index in [1.54, 1.807) is 0 Å². The van der Waals surface area contributed by atoms with Crippen LogP contribution >= 0.6 is 11.3 Å². The van der Waals surface area contributed by atoms with Crippen molar-refractivity contribution >= 4 is 53.1 Å². The Kier molecular flexibility index (Phi) is 7.00. The molecule has 51 heavy (non-hydrogen) atoms. The Morgan fingerprint density at radius 3 is 1.71 bits per heavy atom. The van der Waals surface area contributed by atoms with Crippen molar-refractivity contribution in [2.75, 3.05) is 0 Å². The van der Waals surface area contributed by atoms with Gasteiger partial charge in [-0.15, -0.1) is 11.3 Å². The van der Waals surface area contributed by atoms with E-state index in [1.165, 1.54) is 52.8 Å². The lowest BCUT2D eigenvalue weighted by atomic mass is 9.97. The molecule has 0 bridgehead atoms. The summed E-state index contributed by atoms with van der Waals surface area (Å²) in [5, 5.41) is 7.31. The summed E-state index contributed by atoms with van der Waals surface area (Å²) in [5.41, 5.74) is 7.56. The van der Waals surface area contributed by atoms with Gasteiger partial charge in [-0.3, -0.25) is 0 Å². The van der Waals surface area contributed by atoms with Crippen LogP contribution in [-0.2, 0) is 0 Å². The fraction of sp³-hybridized carbons (Fsp3) is 0. The van der Waals surface area contributed by atoms with Gasteiger partial charge < -0.3 is 0 Å². The summed E-state index contributed by atoms with van der Waals surface area (Å²) in [6.07, 6.45) is 0. The Morgan fingerprint density at radius 1 is 0.333 bits per heavy atom. The molecule has 10 aromatic rings. The van der Waals surface area contributed by atoms with E-state index in [2.05, 4.69) is 158 Å². The van der Waals surface area contributed by atoms with E-state index in [0.717, 1.165) is 27.8 Å². The van der Waals surface area contributed by atoms with E-state index < -0.39 is 0 Å². The van der Waals surface area contributed by atoms with Crippen LogP contribution in [0.3, 0.4) is 0 Å². The monoisotopic (exact) mass is 667 g/mol. The molecule has 0 aliphatic carbocycles. The zero-order valence-electron chi connectivity index (χ0n) is 27.5. The quantitative estimate of drug-likeness (QED) is 0.183. The highest BCUT2D eigenvalue weighted by Gasteiger charge is 2.19. The zero-order valence-corrected chi connectivity index (χ0v) is 28.3. The minimum Gasteiger partial charge on any atom is -0.208 e. The Morgan fingerprint density at radius 2 is 0.902 bits per heavy atom. The third-order valence-electron chi connectivity index (χ3n) is 9.70. The summed E-state index contributed by atoms with van der Waals surface area (Å²) in [4.78, 5) is 15.5. The number of nitrogens with zero attached hydrogens (tertiary/aromatic N) is 3. The van der Waals surface area contributed by atoms with Crippen molar-refractivity contribution in [2.24, 2.45) is 0 Å². The molecule has 238 valence electrons. The Hall–Kier alpha value is -6.49. The van der Waals surface area contributed by atoms with Crippen molar-refractivity contribution in [3.63, 3.8) is 0 Å². The lowest BCUT2D eigenvalue weighted by Crippen LogP contribution is -2.00. The van der Waals surface area contributed by atoms with Gasteiger partial charge in [-0.2, -0.15) is 0 Å².